The van der Waals surface area contributed by atoms with E-state index in [1.807, 2.05) is 6.07 Å². The molecule has 6 heteroatoms. The third-order valence-electron chi connectivity index (χ3n) is 5.65. The van der Waals surface area contributed by atoms with Gasteiger partial charge in [-0.1, -0.05) is 5.16 Å². The molecule has 1 aromatic rings. The van der Waals surface area contributed by atoms with Crippen LogP contribution >= 0.6 is 0 Å². The lowest BCUT2D eigenvalue weighted by Crippen LogP contribution is -2.58. The van der Waals surface area contributed by atoms with Crippen molar-refractivity contribution in [1.82, 2.24) is 19.9 Å². The van der Waals surface area contributed by atoms with Crippen LogP contribution in [0.25, 0.3) is 0 Å². The number of aliphatic hydroxyl groups excluding tert-OH is 1. The molecule has 1 N–H and O–H groups in total. The first-order chi connectivity index (χ1) is 11.7. The Morgan fingerprint density at radius 3 is 2.67 bits per heavy atom. The van der Waals surface area contributed by atoms with Crippen LogP contribution in [0.4, 0.5) is 0 Å². The molecule has 0 bridgehead atoms. The summed E-state index contributed by atoms with van der Waals surface area (Å²) in [5.74, 6) is 0. The number of nitrogens with zero attached hydrogens (tertiary/aromatic N) is 4. The van der Waals surface area contributed by atoms with E-state index in [4.69, 9.17) is 4.52 Å². The van der Waals surface area contributed by atoms with Gasteiger partial charge in [-0.3, -0.25) is 9.80 Å². The monoisotopic (exact) mass is 336 g/mol. The number of aromatic nitrogens is 1. The van der Waals surface area contributed by atoms with Crippen LogP contribution in [0, 0.1) is 0 Å². The molecule has 136 valence electrons. The maximum atomic E-state index is 9.51. The van der Waals surface area contributed by atoms with E-state index in [1.165, 1.54) is 25.9 Å². The lowest BCUT2D eigenvalue weighted by atomic mass is 9.97. The Balaban J connectivity index is 1.56. The van der Waals surface area contributed by atoms with Crippen molar-refractivity contribution in [2.75, 3.05) is 39.3 Å². The van der Waals surface area contributed by atoms with Gasteiger partial charge in [-0.25, -0.2) is 0 Å². The Kier molecular flexibility index (Phi) is 6.27. The van der Waals surface area contributed by atoms with Crippen molar-refractivity contribution >= 4 is 0 Å². The topological polar surface area (TPSA) is 56.0 Å². The molecular formula is C18H32N4O2. The van der Waals surface area contributed by atoms with Gasteiger partial charge in [-0.2, -0.15) is 0 Å². The van der Waals surface area contributed by atoms with Crippen molar-refractivity contribution in [1.29, 1.82) is 0 Å². The van der Waals surface area contributed by atoms with Crippen LogP contribution in [0.2, 0.25) is 0 Å². The number of piperidine rings is 1. The summed E-state index contributed by atoms with van der Waals surface area (Å²) in [4.78, 5) is 7.70. The Morgan fingerprint density at radius 1 is 1.25 bits per heavy atom. The zero-order chi connectivity index (χ0) is 16.9. The average molecular weight is 336 g/mol. The maximum absolute atomic E-state index is 9.51. The molecule has 0 radical (unpaired) electrons. The Morgan fingerprint density at radius 2 is 2.04 bits per heavy atom. The third kappa shape index (κ3) is 4.36. The highest BCUT2D eigenvalue weighted by molar-refractivity contribution is 4.97. The molecule has 2 fully saturated rings. The van der Waals surface area contributed by atoms with Gasteiger partial charge in [-0.05, 0) is 46.2 Å². The van der Waals surface area contributed by atoms with Gasteiger partial charge in [0.25, 0.3) is 0 Å². The molecule has 3 heterocycles. The standard InChI is InChI=1S/C18H32N4O2/c1-15(2)21-7-3-17(4-8-21)22-10-9-20(14-18(22)5-11-23)13-16-6-12-24-19-16/h6,12,15,17-18,23H,3-5,7-11,13-14H2,1-2H3/t18-/m0/s1. The highest BCUT2D eigenvalue weighted by atomic mass is 16.5. The molecule has 3 rings (SSSR count). The fourth-order valence-electron chi connectivity index (χ4n) is 4.25. The number of likely N-dealkylation sites (tertiary alicyclic amines) is 1. The molecule has 0 amide bonds. The summed E-state index contributed by atoms with van der Waals surface area (Å²) in [6, 6.07) is 3.71. The van der Waals surface area contributed by atoms with Gasteiger partial charge >= 0.3 is 0 Å². The van der Waals surface area contributed by atoms with Crippen molar-refractivity contribution in [3.8, 4) is 0 Å². The van der Waals surface area contributed by atoms with Crippen molar-refractivity contribution in [2.24, 2.45) is 0 Å². The largest absolute Gasteiger partial charge is 0.396 e. The van der Waals surface area contributed by atoms with Gasteiger partial charge in [-0.15, -0.1) is 0 Å². The predicted octanol–water partition coefficient (Wildman–Crippen LogP) is 1.42. The zero-order valence-corrected chi connectivity index (χ0v) is 15.1. The SMILES string of the molecule is CC(C)N1CCC(N2CCN(Cc3ccon3)C[C@@H]2CCO)CC1. The van der Waals surface area contributed by atoms with Crippen molar-refractivity contribution in [3.63, 3.8) is 0 Å². The van der Waals surface area contributed by atoms with Crippen molar-refractivity contribution < 1.29 is 9.63 Å². The summed E-state index contributed by atoms with van der Waals surface area (Å²) in [5.41, 5.74) is 0.997. The average Bonchev–Trinajstić information content (AvgIpc) is 3.08. The van der Waals surface area contributed by atoms with E-state index >= 15 is 0 Å². The molecule has 24 heavy (non-hydrogen) atoms. The number of aliphatic hydroxyl groups is 1. The Bertz CT molecular complexity index is 471. The molecule has 0 unspecified atom stereocenters. The van der Waals surface area contributed by atoms with E-state index in [1.54, 1.807) is 6.26 Å². The van der Waals surface area contributed by atoms with Gasteiger partial charge in [0.1, 0.15) is 6.26 Å². The lowest BCUT2D eigenvalue weighted by Gasteiger charge is -2.48. The predicted molar refractivity (Wildman–Crippen MR) is 93.7 cm³/mol. The first-order valence-electron chi connectivity index (χ1n) is 9.39. The summed E-state index contributed by atoms with van der Waals surface area (Å²) in [6.45, 7) is 11.3. The fourth-order valence-corrected chi connectivity index (χ4v) is 4.25. The minimum Gasteiger partial charge on any atom is -0.396 e. The van der Waals surface area contributed by atoms with Crippen LogP contribution in [-0.2, 0) is 6.54 Å². The van der Waals surface area contributed by atoms with Gasteiger partial charge in [0.15, 0.2) is 0 Å². The molecule has 1 aromatic heterocycles. The van der Waals surface area contributed by atoms with Crippen LogP contribution < -0.4 is 0 Å². The molecule has 6 nitrogen and oxygen atoms in total. The van der Waals surface area contributed by atoms with Crippen LogP contribution in [0.15, 0.2) is 16.9 Å². The molecule has 2 saturated heterocycles. The van der Waals surface area contributed by atoms with Crippen LogP contribution in [-0.4, -0.2) is 82.4 Å². The smallest absolute Gasteiger partial charge is 0.124 e. The van der Waals surface area contributed by atoms with Crippen molar-refractivity contribution in [2.45, 2.75) is 57.8 Å². The van der Waals surface area contributed by atoms with Gasteiger partial charge in [0, 0.05) is 57.0 Å². The van der Waals surface area contributed by atoms with Gasteiger partial charge in [0.05, 0.1) is 5.69 Å². The Hall–Kier alpha value is -0.950. The number of rotatable bonds is 6. The molecule has 0 spiro atoms. The Labute approximate surface area is 145 Å². The van der Waals surface area contributed by atoms with E-state index < -0.39 is 0 Å². The first-order valence-corrected chi connectivity index (χ1v) is 9.39. The summed E-state index contributed by atoms with van der Waals surface area (Å²) in [5, 5.41) is 13.5. The number of hydrogen-bond acceptors (Lipinski definition) is 6. The molecule has 2 aliphatic heterocycles. The first kappa shape index (κ1) is 17.9. The summed E-state index contributed by atoms with van der Waals surface area (Å²) in [6.07, 6.45) is 5.01. The highest BCUT2D eigenvalue weighted by Crippen LogP contribution is 2.24. The molecule has 0 aromatic carbocycles. The number of hydrogen-bond donors (Lipinski definition) is 1. The highest BCUT2D eigenvalue weighted by Gasteiger charge is 2.33. The minimum absolute atomic E-state index is 0.268. The van der Waals surface area contributed by atoms with Crippen LogP contribution in [0.1, 0.15) is 38.8 Å². The molecule has 1 atom stereocenters. The molecule has 0 saturated carbocycles. The summed E-state index contributed by atoms with van der Waals surface area (Å²) < 4.78 is 4.94. The van der Waals surface area contributed by atoms with Gasteiger partial charge in [0.2, 0.25) is 0 Å². The summed E-state index contributed by atoms with van der Waals surface area (Å²) in [7, 11) is 0. The second kappa shape index (κ2) is 8.43. The zero-order valence-electron chi connectivity index (χ0n) is 15.1. The van der Waals surface area contributed by atoms with Crippen LogP contribution in [0.3, 0.4) is 0 Å². The van der Waals surface area contributed by atoms with Crippen molar-refractivity contribution in [3.05, 3.63) is 18.0 Å². The van der Waals surface area contributed by atoms with E-state index in [0.29, 0.717) is 18.1 Å². The lowest BCUT2D eigenvalue weighted by molar-refractivity contribution is -0.000548. The van der Waals surface area contributed by atoms with E-state index in [2.05, 4.69) is 33.7 Å². The summed E-state index contributed by atoms with van der Waals surface area (Å²) >= 11 is 0. The van der Waals surface area contributed by atoms with Gasteiger partial charge < -0.3 is 14.5 Å². The second-order valence-electron chi connectivity index (χ2n) is 7.49. The van der Waals surface area contributed by atoms with E-state index in [0.717, 1.165) is 38.3 Å². The molecule has 2 aliphatic rings. The quantitative estimate of drug-likeness (QED) is 0.848. The normalized spacial score (nSPS) is 25.6. The molecular weight excluding hydrogens is 304 g/mol. The van der Waals surface area contributed by atoms with Crippen LogP contribution in [0.5, 0.6) is 0 Å². The maximum Gasteiger partial charge on any atom is 0.124 e. The fraction of sp³-hybridized carbons (Fsp3) is 0.833. The number of piperazine rings is 1. The second-order valence-corrected chi connectivity index (χ2v) is 7.49. The van der Waals surface area contributed by atoms with E-state index in [9.17, 15) is 5.11 Å². The third-order valence-corrected chi connectivity index (χ3v) is 5.65. The minimum atomic E-state index is 0.268. The molecule has 0 aliphatic carbocycles. The van der Waals surface area contributed by atoms with E-state index in [-0.39, 0.29) is 6.61 Å².